The minimum Gasteiger partial charge on any atom is -0.449 e. The number of fused-ring (bicyclic) bond motifs is 1. The maximum absolute atomic E-state index is 12.5. The summed E-state index contributed by atoms with van der Waals surface area (Å²) in [5, 5.41) is 2.57. The van der Waals surface area contributed by atoms with Crippen molar-refractivity contribution in [2.75, 3.05) is 11.9 Å². The molecule has 1 heterocycles. The zero-order valence-corrected chi connectivity index (χ0v) is 17.7. The van der Waals surface area contributed by atoms with Crippen molar-refractivity contribution in [3.05, 3.63) is 64.7 Å². The van der Waals surface area contributed by atoms with Crippen molar-refractivity contribution in [2.24, 2.45) is 5.73 Å². The van der Waals surface area contributed by atoms with Gasteiger partial charge in [0.2, 0.25) is 5.91 Å². The molecule has 2 aromatic rings. The number of esters is 1. The van der Waals surface area contributed by atoms with E-state index in [1.165, 1.54) is 54.3 Å². The number of hydrogen-bond acceptors (Lipinski definition) is 6. The van der Waals surface area contributed by atoms with Gasteiger partial charge in [-0.25, -0.2) is 4.79 Å². The molecule has 1 aliphatic heterocycles. The lowest BCUT2D eigenvalue weighted by atomic mass is 10.1. The smallest absolute Gasteiger partial charge is 0.338 e. The first-order chi connectivity index (χ1) is 15.2. The Morgan fingerprint density at radius 1 is 1.00 bits per heavy atom. The summed E-state index contributed by atoms with van der Waals surface area (Å²) in [6.07, 6.45) is 0.392. The molecular weight excluding hydrogens is 414 g/mol. The summed E-state index contributed by atoms with van der Waals surface area (Å²) in [6, 6.07) is 10.0. The summed E-state index contributed by atoms with van der Waals surface area (Å²) in [4.78, 5) is 62.1. The Morgan fingerprint density at radius 2 is 1.62 bits per heavy atom. The van der Waals surface area contributed by atoms with Gasteiger partial charge in [-0.1, -0.05) is 13.3 Å². The van der Waals surface area contributed by atoms with Crippen LogP contribution in [-0.2, 0) is 9.53 Å². The van der Waals surface area contributed by atoms with Gasteiger partial charge in [0.15, 0.2) is 6.10 Å². The second-order valence-corrected chi connectivity index (χ2v) is 7.35. The molecule has 0 fully saturated rings. The fraction of sp³-hybridized carbons (Fsp3) is 0.261. The average Bonchev–Trinajstić information content (AvgIpc) is 3.01. The van der Waals surface area contributed by atoms with Crippen LogP contribution in [0.15, 0.2) is 42.5 Å². The lowest BCUT2D eigenvalue weighted by Gasteiger charge is -2.14. The number of carbonyl (C=O) groups is 5. The van der Waals surface area contributed by atoms with Crippen LogP contribution < -0.4 is 11.1 Å². The Labute approximate surface area is 184 Å². The minimum atomic E-state index is -1.13. The Bertz CT molecular complexity index is 1090. The van der Waals surface area contributed by atoms with Crippen LogP contribution in [0.5, 0.6) is 0 Å². The van der Waals surface area contributed by atoms with Crippen molar-refractivity contribution in [3.8, 4) is 0 Å². The summed E-state index contributed by atoms with van der Waals surface area (Å²) in [5.74, 6) is -2.80. The van der Waals surface area contributed by atoms with E-state index in [9.17, 15) is 24.0 Å². The number of benzene rings is 2. The third kappa shape index (κ3) is 4.66. The number of carbonyl (C=O) groups excluding carboxylic acids is 5. The zero-order chi connectivity index (χ0) is 23.4. The van der Waals surface area contributed by atoms with Crippen LogP contribution >= 0.6 is 0 Å². The maximum atomic E-state index is 12.5. The van der Waals surface area contributed by atoms with Crippen LogP contribution in [0.4, 0.5) is 5.69 Å². The molecule has 1 aliphatic rings. The molecular formula is C23H23N3O6. The highest BCUT2D eigenvalue weighted by Crippen LogP contribution is 2.25. The van der Waals surface area contributed by atoms with Crippen LogP contribution in [0.25, 0.3) is 0 Å². The van der Waals surface area contributed by atoms with Crippen molar-refractivity contribution in [1.82, 2.24) is 4.90 Å². The molecule has 0 aromatic heterocycles. The van der Waals surface area contributed by atoms with Gasteiger partial charge >= 0.3 is 5.97 Å². The molecule has 0 radical (unpaired) electrons. The topological polar surface area (TPSA) is 136 Å². The highest BCUT2D eigenvalue weighted by Gasteiger charge is 2.35. The van der Waals surface area contributed by atoms with Gasteiger partial charge in [0.05, 0.1) is 16.7 Å². The molecule has 0 aliphatic carbocycles. The Morgan fingerprint density at radius 3 is 2.25 bits per heavy atom. The first-order valence-electron chi connectivity index (χ1n) is 10.1. The molecule has 3 rings (SSSR count). The third-order valence-electron chi connectivity index (χ3n) is 5.03. The van der Waals surface area contributed by atoms with E-state index in [1.54, 1.807) is 0 Å². The number of ether oxygens (including phenoxy) is 1. The number of nitrogens with zero attached hydrogens (tertiary/aromatic N) is 1. The molecule has 9 nitrogen and oxygen atoms in total. The number of anilines is 1. The predicted molar refractivity (Wildman–Crippen MR) is 115 cm³/mol. The predicted octanol–water partition coefficient (Wildman–Crippen LogP) is 2.37. The summed E-state index contributed by atoms with van der Waals surface area (Å²) in [7, 11) is 0. The molecule has 0 saturated heterocycles. The molecule has 1 atom stereocenters. The fourth-order valence-electron chi connectivity index (χ4n) is 3.18. The minimum absolute atomic E-state index is 0.0627. The first-order valence-corrected chi connectivity index (χ1v) is 10.1. The standard InChI is InChI=1S/C23H23N3O6/c1-3-4-11-26-21(29)17-10-7-15(12-18(17)22(26)30)23(31)32-13(2)20(28)25-16-8-5-14(6-9-16)19(24)27/h5-10,12-13H,3-4,11H2,1-2H3,(H2,24,27)(H,25,28)/t13-/m1/s1. The molecule has 166 valence electrons. The van der Waals surface area contributed by atoms with E-state index in [0.29, 0.717) is 24.2 Å². The highest BCUT2D eigenvalue weighted by molar-refractivity contribution is 6.22. The molecule has 0 saturated carbocycles. The summed E-state index contributed by atoms with van der Waals surface area (Å²) >= 11 is 0. The number of rotatable bonds is 8. The molecule has 9 heteroatoms. The monoisotopic (exact) mass is 437 g/mol. The van der Waals surface area contributed by atoms with E-state index in [-0.39, 0.29) is 22.6 Å². The van der Waals surface area contributed by atoms with Crippen molar-refractivity contribution >= 4 is 35.3 Å². The second-order valence-electron chi connectivity index (χ2n) is 7.35. The van der Waals surface area contributed by atoms with Gasteiger partial charge < -0.3 is 15.8 Å². The van der Waals surface area contributed by atoms with Crippen LogP contribution in [-0.4, -0.2) is 47.1 Å². The first kappa shape index (κ1) is 22.7. The Hall–Kier alpha value is -4.01. The molecule has 2 aromatic carbocycles. The molecule has 0 spiro atoms. The SMILES string of the molecule is CCCCN1C(=O)c2ccc(C(=O)O[C@H](C)C(=O)Nc3ccc(C(N)=O)cc3)cc2C1=O. The van der Waals surface area contributed by atoms with E-state index in [1.807, 2.05) is 6.92 Å². The van der Waals surface area contributed by atoms with Gasteiger partial charge in [-0.2, -0.15) is 0 Å². The van der Waals surface area contributed by atoms with E-state index >= 15 is 0 Å². The number of amides is 4. The number of hydrogen-bond donors (Lipinski definition) is 2. The molecule has 3 N–H and O–H groups in total. The molecule has 0 bridgehead atoms. The second kappa shape index (κ2) is 9.42. The molecule has 0 unspecified atom stereocenters. The maximum Gasteiger partial charge on any atom is 0.338 e. The van der Waals surface area contributed by atoms with Gasteiger partial charge in [-0.3, -0.25) is 24.1 Å². The van der Waals surface area contributed by atoms with E-state index in [2.05, 4.69) is 5.32 Å². The van der Waals surface area contributed by atoms with Crippen LogP contribution in [0.2, 0.25) is 0 Å². The molecule has 4 amide bonds. The van der Waals surface area contributed by atoms with Crippen molar-refractivity contribution < 1.29 is 28.7 Å². The summed E-state index contributed by atoms with van der Waals surface area (Å²) in [6.45, 7) is 3.68. The van der Waals surface area contributed by atoms with E-state index < -0.39 is 29.8 Å². The molecule has 32 heavy (non-hydrogen) atoms. The van der Waals surface area contributed by atoms with Gasteiger partial charge in [0, 0.05) is 17.8 Å². The van der Waals surface area contributed by atoms with Crippen LogP contribution in [0, 0.1) is 0 Å². The zero-order valence-electron chi connectivity index (χ0n) is 17.7. The fourth-order valence-corrected chi connectivity index (χ4v) is 3.18. The van der Waals surface area contributed by atoms with E-state index in [0.717, 1.165) is 6.42 Å². The van der Waals surface area contributed by atoms with Crippen molar-refractivity contribution in [2.45, 2.75) is 32.8 Å². The summed E-state index contributed by atoms with van der Waals surface area (Å²) in [5.41, 5.74) is 6.32. The number of imide groups is 1. The number of nitrogens with one attached hydrogen (secondary N) is 1. The van der Waals surface area contributed by atoms with Crippen molar-refractivity contribution in [3.63, 3.8) is 0 Å². The van der Waals surface area contributed by atoms with Gasteiger partial charge in [-0.05, 0) is 55.8 Å². The van der Waals surface area contributed by atoms with Crippen LogP contribution in [0.1, 0.15) is 68.1 Å². The quantitative estimate of drug-likeness (QED) is 0.481. The van der Waals surface area contributed by atoms with Crippen LogP contribution in [0.3, 0.4) is 0 Å². The van der Waals surface area contributed by atoms with Gasteiger partial charge in [0.1, 0.15) is 0 Å². The van der Waals surface area contributed by atoms with Gasteiger partial charge in [-0.15, -0.1) is 0 Å². The number of nitrogens with two attached hydrogens (primary N) is 1. The normalized spacial score (nSPS) is 13.5. The summed E-state index contributed by atoms with van der Waals surface area (Å²) < 4.78 is 5.21. The highest BCUT2D eigenvalue weighted by atomic mass is 16.5. The van der Waals surface area contributed by atoms with Crippen molar-refractivity contribution in [1.29, 1.82) is 0 Å². The Kier molecular flexibility index (Phi) is 6.67. The third-order valence-corrected chi connectivity index (χ3v) is 5.03. The Balaban J connectivity index is 1.65. The lowest BCUT2D eigenvalue weighted by Crippen LogP contribution is -2.30. The van der Waals surface area contributed by atoms with Gasteiger partial charge in [0.25, 0.3) is 17.7 Å². The average molecular weight is 437 g/mol. The number of primary amides is 1. The number of unbranched alkanes of at least 4 members (excludes halogenated alkanes) is 1. The lowest BCUT2D eigenvalue weighted by molar-refractivity contribution is -0.123. The van der Waals surface area contributed by atoms with E-state index in [4.69, 9.17) is 10.5 Å². The largest absolute Gasteiger partial charge is 0.449 e.